The van der Waals surface area contributed by atoms with Crippen molar-refractivity contribution in [3.63, 3.8) is 0 Å². The number of hydrogen-bond donors (Lipinski definition) is 0. The molecule has 0 bridgehead atoms. The third-order valence-corrected chi connectivity index (χ3v) is 29.1. The molecule has 1 atom stereocenters. The summed E-state index contributed by atoms with van der Waals surface area (Å²) in [4.78, 5) is -1.40. The van der Waals surface area contributed by atoms with Gasteiger partial charge in [0, 0.05) is 5.66 Å². The molecule has 0 spiro atoms. The van der Waals surface area contributed by atoms with Crippen molar-refractivity contribution in [2.24, 2.45) is 4.41 Å². The van der Waals surface area contributed by atoms with Crippen LogP contribution in [0.25, 0.3) is 0 Å². The summed E-state index contributed by atoms with van der Waals surface area (Å²) in [5.41, 5.74) is 0.665. The molecule has 0 amide bonds. The van der Waals surface area contributed by atoms with E-state index in [0.29, 0.717) is 5.66 Å². The fraction of sp³-hybridized carbons (Fsp3) is 1.00. The highest BCUT2D eigenvalue weighted by atomic mass is 127. The molecule has 0 radical (unpaired) electrons. The fourth-order valence-electron chi connectivity index (χ4n) is 2.66. The lowest BCUT2D eigenvalue weighted by atomic mass is 10.6. The molecule has 0 fully saturated rings. The molecule has 0 aliphatic rings. The maximum absolute atomic E-state index is 5.51. The van der Waals surface area contributed by atoms with Crippen LogP contribution in [0, 0.1) is 0 Å². The summed E-state index contributed by atoms with van der Waals surface area (Å²) in [6, 6.07) is 0. The lowest BCUT2D eigenvalue weighted by Gasteiger charge is -2.51. The molecule has 0 aromatic heterocycles. The normalized spacial score (nSPS) is 17.8. The number of hydrogen-bond acceptors (Lipinski definition) is 1. The highest BCUT2D eigenvalue weighted by Crippen LogP contribution is 2.68. The Labute approximate surface area is 138 Å². The summed E-state index contributed by atoms with van der Waals surface area (Å²) in [6.45, 7) is 26.9. The maximum atomic E-state index is 5.51. The van der Waals surface area contributed by atoms with Crippen molar-refractivity contribution in [1.29, 1.82) is 0 Å². The van der Waals surface area contributed by atoms with Crippen molar-refractivity contribution in [1.82, 2.24) is 4.00 Å². The van der Waals surface area contributed by atoms with Gasteiger partial charge in [-0.05, 0) is 22.0 Å². The number of nitrogens with zero attached hydrogens (tertiary/aromatic N) is 2. The van der Waals surface area contributed by atoms with E-state index in [9.17, 15) is 0 Å². The molecule has 19 heavy (non-hydrogen) atoms. The minimum atomic E-state index is -1.41. The van der Waals surface area contributed by atoms with Gasteiger partial charge in [-0.1, -0.05) is 72.8 Å². The molecule has 2 nitrogen and oxygen atoms in total. The van der Waals surface area contributed by atoms with E-state index >= 15 is 0 Å². The molecular formula is C12H34IN2PSi3. The van der Waals surface area contributed by atoms with E-state index in [0.717, 1.165) is 0 Å². The molecule has 0 aliphatic heterocycles. The summed E-state index contributed by atoms with van der Waals surface area (Å²) in [5.74, 6) is 0. The summed E-state index contributed by atoms with van der Waals surface area (Å²) >= 11 is 2.78. The fourth-order valence-corrected chi connectivity index (χ4v) is 42.2. The van der Waals surface area contributed by atoms with Gasteiger partial charge >= 0.3 is 0 Å². The molecule has 0 N–H and O–H groups in total. The molecule has 0 rings (SSSR count). The maximum Gasteiger partial charge on any atom is 0.173 e. The Bertz CT molecular complexity index is 351. The van der Waals surface area contributed by atoms with Gasteiger partial charge in [-0.25, -0.2) is 0 Å². The van der Waals surface area contributed by atoms with E-state index in [2.05, 4.69) is 98.8 Å². The first kappa shape index (κ1) is 20.6. The predicted molar refractivity (Wildman–Crippen MR) is 110 cm³/mol. The van der Waals surface area contributed by atoms with E-state index in [1.165, 1.54) is 0 Å². The van der Waals surface area contributed by atoms with Gasteiger partial charge in [-0.2, -0.15) is 0 Å². The van der Waals surface area contributed by atoms with E-state index in [1.54, 1.807) is 0 Å². The average Bonchev–Trinajstić information content (AvgIpc) is 1.91. The van der Waals surface area contributed by atoms with Crippen molar-refractivity contribution in [3.05, 3.63) is 0 Å². The van der Waals surface area contributed by atoms with E-state index < -0.39 is 29.6 Å². The number of rotatable bonds is 5. The molecular weight excluding hydrogens is 414 g/mol. The van der Waals surface area contributed by atoms with Gasteiger partial charge in [-0.3, -0.25) is 0 Å². The Hall–Kier alpha value is 1.57. The Kier molecular flexibility index (Phi) is 6.89. The van der Waals surface area contributed by atoms with E-state index in [1.807, 2.05) is 0 Å². The zero-order valence-electron chi connectivity index (χ0n) is 14.8. The van der Waals surface area contributed by atoms with Gasteiger partial charge in [0.05, 0.1) is 4.85 Å². The topological polar surface area (TPSA) is 15.6 Å². The first-order chi connectivity index (χ1) is 8.02. The Morgan fingerprint density at radius 3 is 1.32 bits per heavy atom. The second-order valence-corrected chi connectivity index (χ2v) is 31.3. The van der Waals surface area contributed by atoms with Gasteiger partial charge < -0.3 is 8.41 Å². The van der Waals surface area contributed by atoms with E-state index in [-0.39, 0.29) is 0 Å². The van der Waals surface area contributed by atoms with Crippen LogP contribution < -0.4 is 0 Å². The standard InChI is InChI=1S/C12H34IN2PSi3/c1-12(2)16(13,14-17(3,4)5)15(18(6,7)8)19(9,10)11/h12H,1-11H3. The Morgan fingerprint density at radius 1 is 0.842 bits per heavy atom. The summed E-state index contributed by atoms with van der Waals surface area (Å²) < 4.78 is 8.49. The zero-order chi connectivity index (χ0) is 15.9. The second-order valence-electron chi connectivity index (χ2n) is 8.59. The van der Waals surface area contributed by atoms with Crippen LogP contribution in [0.4, 0.5) is 0 Å². The quantitative estimate of drug-likeness (QED) is 0.261. The molecule has 0 saturated heterocycles. The first-order valence-corrected chi connectivity index (χ1v) is 22.0. The van der Waals surface area contributed by atoms with Gasteiger partial charge in [0.2, 0.25) is 0 Å². The minimum absolute atomic E-state index is 0.665. The van der Waals surface area contributed by atoms with Gasteiger partial charge in [0.1, 0.15) is 16.5 Å². The van der Waals surface area contributed by atoms with Crippen LogP contribution in [0.3, 0.4) is 0 Å². The summed E-state index contributed by atoms with van der Waals surface area (Å²) in [5, 5.41) is 0. The van der Waals surface area contributed by atoms with Crippen LogP contribution >= 0.6 is 26.9 Å². The largest absolute Gasteiger partial charge is 0.317 e. The lowest BCUT2D eigenvalue weighted by molar-refractivity contribution is 0.927. The van der Waals surface area contributed by atoms with Gasteiger partial charge in [0.15, 0.2) is 8.24 Å². The van der Waals surface area contributed by atoms with Crippen molar-refractivity contribution < 1.29 is 0 Å². The molecule has 0 aromatic carbocycles. The lowest BCUT2D eigenvalue weighted by Crippen LogP contribution is -2.57. The second kappa shape index (κ2) is 6.36. The van der Waals surface area contributed by atoms with E-state index in [4.69, 9.17) is 4.41 Å². The monoisotopic (exact) mass is 448 g/mol. The SMILES string of the molecule is CC(C)P(I)(=N[Si](C)(C)C)N([Si](C)(C)C)[Si](C)(C)C. The van der Waals surface area contributed by atoms with Crippen LogP contribution in [0.1, 0.15) is 13.8 Å². The molecule has 7 heteroatoms. The summed E-state index contributed by atoms with van der Waals surface area (Å²) in [6.07, 6.45) is 0. The molecule has 116 valence electrons. The van der Waals surface area contributed by atoms with Gasteiger partial charge in [0.25, 0.3) is 0 Å². The predicted octanol–water partition coefficient (Wildman–Crippen LogP) is 6.67. The van der Waals surface area contributed by atoms with Crippen LogP contribution in [-0.4, -0.2) is 34.4 Å². The van der Waals surface area contributed by atoms with Gasteiger partial charge in [-0.15, -0.1) is 0 Å². The van der Waals surface area contributed by atoms with Crippen molar-refractivity contribution in [2.45, 2.75) is 78.4 Å². The Morgan fingerprint density at radius 2 is 1.16 bits per heavy atom. The minimum Gasteiger partial charge on any atom is -0.317 e. The van der Waals surface area contributed by atoms with Crippen molar-refractivity contribution >= 4 is 51.6 Å². The van der Waals surface area contributed by atoms with Crippen molar-refractivity contribution in [2.75, 3.05) is 0 Å². The summed E-state index contributed by atoms with van der Waals surface area (Å²) in [7, 11) is -4.12. The number of halogens is 1. The smallest absolute Gasteiger partial charge is 0.173 e. The average molecular weight is 449 g/mol. The molecule has 0 aromatic rings. The Balaban J connectivity index is 6.21. The van der Waals surface area contributed by atoms with Crippen LogP contribution in [0.15, 0.2) is 4.41 Å². The first-order valence-electron chi connectivity index (χ1n) is 7.15. The zero-order valence-corrected chi connectivity index (χ0v) is 20.8. The highest BCUT2D eigenvalue weighted by molar-refractivity contribution is 14.2. The third-order valence-electron chi connectivity index (χ3n) is 2.65. The highest BCUT2D eigenvalue weighted by Gasteiger charge is 2.44. The van der Waals surface area contributed by atoms with Crippen LogP contribution in [0.5, 0.6) is 0 Å². The molecule has 1 unspecified atom stereocenters. The molecule has 0 saturated carbocycles. The molecule has 0 aliphatic carbocycles. The van der Waals surface area contributed by atoms with Crippen LogP contribution in [-0.2, 0) is 0 Å². The molecule has 0 heterocycles. The van der Waals surface area contributed by atoms with Crippen LogP contribution in [0.2, 0.25) is 58.9 Å². The van der Waals surface area contributed by atoms with Crippen molar-refractivity contribution in [3.8, 4) is 0 Å². The third kappa shape index (κ3) is 6.06.